The van der Waals surface area contributed by atoms with Crippen LogP contribution in [0.1, 0.15) is 24.8 Å². The van der Waals surface area contributed by atoms with E-state index in [1.54, 1.807) is 11.0 Å². The number of hydrogen-bond acceptors (Lipinski definition) is 3. The van der Waals surface area contributed by atoms with E-state index in [1.165, 1.54) is 9.13 Å². The van der Waals surface area contributed by atoms with Crippen molar-refractivity contribution >= 4 is 16.9 Å². The van der Waals surface area contributed by atoms with Crippen LogP contribution in [0, 0.1) is 0 Å². The van der Waals surface area contributed by atoms with Crippen LogP contribution in [-0.4, -0.2) is 33.0 Å². The van der Waals surface area contributed by atoms with Gasteiger partial charge in [-0.15, -0.1) is 0 Å². The maximum absolute atomic E-state index is 12.9. The van der Waals surface area contributed by atoms with Gasteiger partial charge in [0.25, 0.3) is 0 Å². The molecule has 2 heterocycles. The van der Waals surface area contributed by atoms with Crippen LogP contribution >= 0.6 is 0 Å². The molecule has 1 saturated heterocycles. The summed E-state index contributed by atoms with van der Waals surface area (Å²) in [7, 11) is 0. The topological polar surface area (TPSA) is 64.3 Å². The Morgan fingerprint density at radius 1 is 0.750 bits per heavy atom. The van der Waals surface area contributed by atoms with E-state index >= 15 is 0 Å². The van der Waals surface area contributed by atoms with E-state index in [1.807, 2.05) is 48.5 Å². The summed E-state index contributed by atoms with van der Waals surface area (Å²) in [5, 5.41) is 0. The number of rotatable bonds is 4. The highest BCUT2D eigenvalue weighted by atomic mass is 16.2. The lowest BCUT2D eigenvalue weighted by Crippen LogP contribution is -2.45. The van der Waals surface area contributed by atoms with Crippen LogP contribution in [0.4, 0.5) is 0 Å². The highest BCUT2D eigenvalue weighted by Gasteiger charge is 2.20. The summed E-state index contributed by atoms with van der Waals surface area (Å²) in [5.41, 5.74) is 0.945. The van der Waals surface area contributed by atoms with Crippen molar-refractivity contribution in [2.75, 3.05) is 13.1 Å². The fraction of sp³-hybridized carbons (Fsp3) is 0.318. The summed E-state index contributed by atoms with van der Waals surface area (Å²) in [6.45, 7) is 1.66. The molecule has 0 unspecified atom stereocenters. The number of likely N-dealkylation sites (tertiary alicyclic amines) is 1. The number of nitrogens with zero attached hydrogens (tertiary/aromatic N) is 3. The highest BCUT2D eigenvalue weighted by molar-refractivity contribution is 5.80. The van der Waals surface area contributed by atoms with Gasteiger partial charge < -0.3 is 4.90 Å². The van der Waals surface area contributed by atoms with Crippen molar-refractivity contribution in [1.82, 2.24) is 14.0 Å². The first-order chi connectivity index (χ1) is 13.6. The van der Waals surface area contributed by atoms with Crippen LogP contribution in [0.2, 0.25) is 0 Å². The van der Waals surface area contributed by atoms with Gasteiger partial charge >= 0.3 is 11.1 Å². The fourth-order valence-corrected chi connectivity index (χ4v) is 3.83. The van der Waals surface area contributed by atoms with Crippen LogP contribution in [0.15, 0.2) is 64.2 Å². The maximum Gasteiger partial charge on any atom is 0.317 e. The molecule has 3 aromatic rings. The summed E-state index contributed by atoms with van der Waals surface area (Å²) in [4.78, 5) is 40.2. The molecule has 0 spiro atoms. The van der Waals surface area contributed by atoms with Crippen LogP contribution in [-0.2, 0) is 17.9 Å². The summed E-state index contributed by atoms with van der Waals surface area (Å²) < 4.78 is 2.82. The first kappa shape index (κ1) is 18.2. The van der Waals surface area contributed by atoms with Crippen LogP contribution in [0.5, 0.6) is 0 Å². The zero-order chi connectivity index (χ0) is 19.5. The molecular formula is C22H23N3O3. The quantitative estimate of drug-likeness (QED) is 0.655. The standard InChI is InChI=1S/C22H23N3O3/c26-20(23-13-7-2-8-14-23)16-25-19-12-6-5-11-18(19)24(21(27)22(25)28)15-17-9-3-1-4-10-17/h1,3-6,9-12H,2,7-8,13-16H2. The van der Waals surface area contributed by atoms with Gasteiger partial charge in [-0.2, -0.15) is 0 Å². The fourth-order valence-electron chi connectivity index (χ4n) is 3.83. The SMILES string of the molecule is O=C(Cn1c(=O)c(=O)n(Cc2ccccc2)c2ccccc21)N1CCCCC1. The number of amides is 1. The molecule has 0 saturated carbocycles. The molecule has 0 N–H and O–H groups in total. The predicted molar refractivity (Wildman–Crippen MR) is 108 cm³/mol. The minimum Gasteiger partial charge on any atom is -0.341 e. The van der Waals surface area contributed by atoms with Crippen molar-refractivity contribution in [3.05, 3.63) is 80.9 Å². The summed E-state index contributed by atoms with van der Waals surface area (Å²) >= 11 is 0. The van der Waals surface area contributed by atoms with Gasteiger partial charge in [0.2, 0.25) is 5.91 Å². The number of para-hydroxylation sites is 2. The van der Waals surface area contributed by atoms with E-state index in [0.717, 1.165) is 37.9 Å². The van der Waals surface area contributed by atoms with E-state index in [4.69, 9.17) is 0 Å². The molecule has 0 radical (unpaired) electrons. The zero-order valence-electron chi connectivity index (χ0n) is 15.7. The number of hydrogen-bond donors (Lipinski definition) is 0. The van der Waals surface area contributed by atoms with Crippen molar-refractivity contribution in [3.8, 4) is 0 Å². The smallest absolute Gasteiger partial charge is 0.317 e. The third-order valence-electron chi connectivity index (χ3n) is 5.32. The average Bonchev–Trinajstić information content (AvgIpc) is 2.75. The molecule has 1 aliphatic heterocycles. The van der Waals surface area contributed by atoms with E-state index in [9.17, 15) is 14.4 Å². The number of benzene rings is 2. The van der Waals surface area contributed by atoms with Gasteiger partial charge in [0.05, 0.1) is 17.6 Å². The lowest BCUT2D eigenvalue weighted by atomic mass is 10.1. The van der Waals surface area contributed by atoms with Gasteiger partial charge in [0, 0.05) is 13.1 Å². The maximum atomic E-state index is 12.9. The molecule has 1 amide bonds. The monoisotopic (exact) mass is 377 g/mol. The number of carbonyl (C=O) groups excluding carboxylic acids is 1. The Morgan fingerprint density at radius 3 is 2.00 bits per heavy atom. The van der Waals surface area contributed by atoms with Crippen molar-refractivity contribution < 1.29 is 4.79 Å². The van der Waals surface area contributed by atoms with Gasteiger partial charge in [-0.3, -0.25) is 23.5 Å². The van der Waals surface area contributed by atoms with Crippen molar-refractivity contribution in [2.24, 2.45) is 0 Å². The Morgan fingerprint density at radius 2 is 1.32 bits per heavy atom. The minimum absolute atomic E-state index is 0.0965. The van der Waals surface area contributed by atoms with Crippen molar-refractivity contribution in [2.45, 2.75) is 32.4 Å². The summed E-state index contributed by atoms with van der Waals surface area (Å²) in [6.07, 6.45) is 3.10. The molecule has 0 aliphatic carbocycles. The molecule has 1 aliphatic rings. The average molecular weight is 377 g/mol. The molecule has 6 nitrogen and oxygen atoms in total. The van der Waals surface area contributed by atoms with Gasteiger partial charge in [-0.25, -0.2) is 0 Å². The summed E-state index contributed by atoms with van der Waals surface area (Å²) in [6, 6.07) is 16.8. The molecule has 144 valence electrons. The Hall–Kier alpha value is -3.15. The number of carbonyl (C=O) groups is 1. The first-order valence-electron chi connectivity index (χ1n) is 9.69. The second-order valence-corrected chi connectivity index (χ2v) is 7.20. The van der Waals surface area contributed by atoms with Crippen LogP contribution in [0.3, 0.4) is 0 Å². The molecule has 1 fully saturated rings. The number of aromatic nitrogens is 2. The largest absolute Gasteiger partial charge is 0.341 e. The van der Waals surface area contributed by atoms with Crippen molar-refractivity contribution in [3.63, 3.8) is 0 Å². The molecular weight excluding hydrogens is 354 g/mol. The van der Waals surface area contributed by atoms with Gasteiger partial charge in [-0.1, -0.05) is 42.5 Å². The van der Waals surface area contributed by atoms with Crippen molar-refractivity contribution in [1.29, 1.82) is 0 Å². The van der Waals surface area contributed by atoms with E-state index < -0.39 is 11.1 Å². The number of piperidine rings is 1. The van der Waals surface area contributed by atoms with E-state index in [0.29, 0.717) is 17.6 Å². The third kappa shape index (κ3) is 3.50. The summed E-state index contributed by atoms with van der Waals surface area (Å²) in [5.74, 6) is -0.104. The van der Waals surface area contributed by atoms with Gasteiger partial charge in [0.1, 0.15) is 6.54 Å². The Bertz CT molecular complexity index is 1110. The van der Waals surface area contributed by atoms with Gasteiger partial charge in [0.15, 0.2) is 0 Å². The Kier molecular flexibility index (Phi) is 5.10. The molecule has 6 heteroatoms. The second-order valence-electron chi connectivity index (χ2n) is 7.20. The van der Waals surface area contributed by atoms with E-state index in [-0.39, 0.29) is 12.5 Å². The van der Waals surface area contributed by atoms with Gasteiger partial charge in [-0.05, 0) is 37.0 Å². The van der Waals surface area contributed by atoms with Crippen LogP contribution < -0.4 is 11.1 Å². The molecule has 2 aromatic carbocycles. The Labute approximate surface area is 162 Å². The lowest BCUT2D eigenvalue weighted by molar-refractivity contribution is -0.132. The molecule has 0 atom stereocenters. The molecule has 4 rings (SSSR count). The van der Waals surface area contributed by atoms with E-state index in [2.05, 4.69) is 0 Å². The zero-order valence-corrected chi connectivity index (χ0v) is 15.7. The normalized spacial score (nSPS) is 14.4. The molecule has 28 heavy (non-hydrogen) atoms. The third-order valence-corrected chi connectivity index (χ3v) is 5.32. The first-order valence-corrected chi connectivity index (χ1v) is 9.69. The van der Waals surface area contributed by atoms with Crippen LogP contribution in [0.25, 0.3) is 11.0 Å². The predicted octanol–water partition coefficient (Wildman–Crippen LogP) is 2.22. The lowest BCUT2D eigenvalue weighted by Gasteiger charge is -2.27. The second kappa shape index (κ2) is 7.84. The highest BCUT2D eigenvalue weighted by Crippen LogP contribution is 2.14. The molecule has 0 bridgehead atoms. The molecule has 1 aromatic heterocycles. The Balaban J connectivity index is 1.77. The number of fused-ring (bicyclic) bond motifs is 1. The minimum atomic E-state index is -0.653.